The zero-order valence-corrected chi connectivity index (χ0v) is 6.84. The molecule has 0 amide bonds. The number of fused-ring (bicyclic) bond motifs is 1. The van der Waals surface area contributed by atoms with Crippen molar-refractivity contribution in [1.29, 1.82) is 0 Å². The maximum absolute atomic E-state index is 5.07. The van der Waals surface area contributed by atoms with E-state index in [4.69, 9.17) is 12.2 Å². The fourth-order valence-electron chi connectivity index (χ4n) is 0.927. The van der Waals surface area contributed by atoms with Crippen molar-refractivity contribution in [1.82, 2.24) is 9.84 Å². The van der Waals surface area contributed by atoms with Gasteiger partial charge in [-0.2, -0.15) is 4.83 Å². The molecule has 1 N–H and O–H groups in total. The van der Waals surface area contributed by atoms with E-state index in [0.717, 1.165) is 16.4 Å². The normalized spacial score (nSPS) is 23.0. The van der Waals surface area contributed by atoms with Gasteiger partial charge in [-0.3, -0.25) is 5.01 Å². The minimum Gasteiger partial charge on any atom is -0.293 e. The maximum Gasteiger partial charge on any atom is 0.112 e. The molecular formula is C6H6N2S2. The van der Waals surface area contributed by atoms with Gasteiger partial charge in [0.1, 0.15) is 4.20 Å². The lowest BCUT2D eigenvalue weighted by molar-refractivity contribution is 0.382. The number of allylic oxidation sites excluding steroid dienone is 2. The second-order valence-corrected chi connectivity index (χ2v) is 3.53. The predicted molar refractivity (Wildman–Crippen MR) is 47.3 cm³/mol. The lowest BCUT2D eigenvalue weighted by Gasteiger charge is -2.17. The van der Waals surface area contributed by atoms with Crippen molar-refractivity contribution in [3.8, 4) is 0 Å². The van der Waals surface area contributed by atoms with Gasteiger partial charge in [0.05, 0.1) is 12.2 Å². The Labute approximate surface area is 69.1 Å². The quantitative estimate of drug-likeness (QED) is 0.434. The standard InChI is InChI=1S/C6H6N2S2/c9-6-5-3-1-2-4-8(5)7-10-6/h1-3,7H,4H2. The average Bonchev–Trinajstić information content (AvgIpc) is 2.34. The number of rotatable bonds is 0. The van der Waals surface area contributed by atoms with Crippen LogP contribution in [0.4, 0.5) is 0 Å². The summed E-state index contributed by atoms with van der Waals surface area (Å²) in [5.41, 5.74) is 1.13. The third kappa shape index (κ3) is 0.885. The number of thiocarbonyl (C=S) groups is 1. The van der Waals surface area contributed by atoms with Gasteiger partial charge in [0.25, 0.3) is 0 Å². The lowest BCUT2D eigenvalue weighted by atomic mass is 10.3. The Hall–Kier alpha value is -0.320. The molecule has 0 aliphatic carbocycles. The van der Waals surface area contributed by atoms with E-state index in [0.29, 0.717) is 0 Å². The molecule has 2 aliphatic rings. The molecule has 10 heavy (non-hydrogen) atoms. The summed E-state index contributed by atoms with van der Waals surface area (Å²) in [5, 5.41) is 2.03. The van der Waals surface area contributed by atoms with Crippen molar-refractivity contribution < 1.29 is 0 Å². The zero-order valence-electron chi connectivity index (χ0n) is 5.20. The van der Waals surface area contributed by atoms with Gasteiger partial charge in [-0.25, -0.2) is 0 Å². The van der Waals surface area contributed by atoms with Crippen LogP contribution in [0.25, 0.3) is 0 Å². The van der Waals surface area contributed by atoms with Crippen LogP contribution < -0.4 is 4.83 Å². The molecule has 0 bridgehead atoms. The Balaban J connectivity index is 2.33. The molecule has 0 aromatic rings. The number of hydrogen-bond donors (Lipinski definition) is 1. The van der Waals surface area contributed by atoms with Crippen molar-refractivity contribution in [2.75, 3.05) is 6.54 Å². The molecule has 0 atom stereocenters. The van der Waals surface area contributed by atoms with E-state index in [2.05, 4.69) is 10.9 Å². The molecular weight excluding hydrogens is 164 g/mol. The first-order valence-electron chi connectivity index (χ1n) is 2.99. The van der Waals surface area contributed by atoms with E-state index in [1.165, 1.54) is 11.9 Å². The monoisotopic (exact) mass is 170 g/mol. The molecule has 2 heterocycles. The molecule has 1 saturated heterocycles. The number of hydrazine groups is 1. The fourth-order valence-corrected chi connectivity index (χ4v) is 1.87. The van der Waals surface area contributed by atoms with Crippen molar-refractivity contribution in [3.05, 3.63) is 23.9 Å². The van der Waals surface area contributed by atoms with Crippen molar-refractivity contribution >= 4 is 28.4 Å². The lowest BCUT2D eigenvalue weighted by Crippen LogP contribution is -2.28. The number of nitrogens with one attached hydrogen (secondary N) is 1. The summed E-state index contributed by atoms with van der Waals surface area (Å²) in [4.78, 5) is 3.10. The largest absolute Gasteiger partial charge is 0.293 e. The summed E-state index contributed by atoms with van der Waals surface area (Å²) < 4.78 is 0.935. The van der Waals surface area contributed by atoms with Crippen LogP contribution in [0.3, 0.4) is 0 Å². The Morgan fingerprint density at radius 1 is 1.70 bits per heavy atom. The van der Waals surface area contributed by atoms with Crippen LogP contribution in [-0.4, -0.2) is 15.8 Å². The van der Waals surface area contributed by atoms with Crippen LogP contribution in [0.1, 0.15) is 0 Å². The van der Waals surface area contributed by atoms with E-state index in [1.807, 2.05) is 17.2 Å². The number of nitrogens with zero attached hydrogens (tertiary/aromatic N) is 1. The van der Waals surface area contributed by atoms with Gasteiger partial charge >= 0.3 is 0 Å². The predicted octanol–water partition coefficient (Wildman–Crippen LogP) is 1.24. The highest BCUT2D eigenvalue weighted by atomic mass is 32.2. The molecule has 0 spiro atoms. The molecule has 0 unspecified atom stereocenters. The van der Waals surface area contributed by atoms with Crippen LogP contribution in [0, 0.1) is 0 Å². The summed E-state index contributed by atoms with van der Waals surface area (Å²) in [7, 11) is 0. The second kappa shape index (κ2) is 2.38. The topological polar surface area (TPSA) is 15.3 Å². The third-order valence-electron chi connectivity index (χ3n) is 1.43. The molecule has 4 heteroatoms. The molecule has 52 valence electrons. The summed E-state index contributed by atoms with van der Waals surface area (Å²) in [6, 6.07) is 0. The highest BCUT2D eigenvalue weighted by Gasteiger charge is 2.22. The van der Waals surface area contributed by atoms with E-state index in [-0.39, 0.29) is 0 Å². The minimum absolute atomic E-state index is 0.916. The van der Waals surface area contributed by atoms with Crippen molar-refractivity contribution in [2.24, 2.45) is 0 Å². The molecule has 2 nitrogen and oxygen atoms in total. The zero-order chi connectivity index (χ0) is 6.97. The van der Waals surface area contributed by atoms with E-state index in [1.54, 1.807) is 0 Å². The Kier molecular flexibility index (Phi) is 1.52. The van der Waals surface area contributed by atoms with Crippen LogP contribution in [0.15, 0.2) is 23.9 Å². The van der Waals surface area contributed by atoms with E-state index < -0.39 is 0 Å². The molecule has 2 aliphatic heterocycles. The molecule has 2 rings (SSSR count). The van der Waals surface area contributed by atoms with Crippen LogP contribution >= 0.6 is 24.2 Å². The summed E-state index contributed by atoms with van der Waals surface area (Å²) in [5.74, 6) is 0. The first-order chi connectivity index (χ1) is 4.88. The van der Waals surface area contributed by atoms with E-state index in [9.17, 15) is 0 Å². The Morgan fingerprint density at radius 2 is 2.60 bits per heavy atom. The third-order valence-corrected chi connectivity index (χ3v) is 2.59. The summed E-state index contributed by atoms with van der Waals surface area (Å²) in [6.07, 6.45) is 6.15. The maximum atomic E-state index is 5.07. The molecule has 0 saturated carbocycles. The highest BCUT2D eigenvalue weighted by molar-refractivity contribution is 8.22. The van der Waals surface area contributed by atoms with Crippen molar-refractivity contribution in [2.45, 2.75) is 0 Å². The Bertz CT molecular complexity index is 232. The first kappa shape index (κ1) is 6.39. The fraction of sp³-hybridized carbons (Fsp3) is 0.167. The molecule has 0 radical (unpaired) electrons. The summed E-state index contributed by atoms with van der Waals surface area (Å²) in [6.45, 7) is 0.916. The minimum atomic E-state index is 0.916. The van der Waals surface area contributed by atoms with Gasteiger partial charge in [-0.05, 0) is 18.0 Å². The summed E-state index contributed by atoms with van der Waals surface area (Å²) >= 11 is 6.58. The van der Waals surface area contributed by atoms with Gasteiger partial charge in [0.2, 0.25) is 0 Å². The van der Waals surface area contributed by atoms with Gasteiger partial charge in [-0.15, -0.1) is 0 Å². The average molecular weight is 170 g/mol. The molecule has 0 aromatic heterocycles. The van der Waals surface area contributed by atoms with Crippen LogP contribution in [-0.2, 0) is 0 Å². The molecule has 1 fully saturated rings. The van der Waals surface area contributed by atoms with Crippen molar-refractivity contribution in [3.63, 3.8) is 0 Å². The van der Waals surface area contributed by atoms with Gasteiger partial charge in [0, 0.05) is 0 Å². The Morgan fingerprint density at radius 3 is 3.40 bits per heavy atom. The smallest absolute Gasteiger partial charge is 0.112 e. The van der Waals surface area contributed by atoms with E-state index >= 15 is 0 Å². The molecule has 0 aromatic carbocycles. The van der Waals surface area contributed by atoms with Gasteiger partial charge in [-0.1, -0.05) is 24.4 Å². The van der Waals surface area contributed by atoms with Crippen LogP contribution in [0.5, 0.6) is 0 Å². The van der Waals surface area contributed by atoms with Gasteiger partial charge < -0.3 is 0 Å². The van der Waals surface area contributed by atoms with Gasteiger partial charge in [0.15, 0.2) is 0 Å². The second-order valence-electron chi connectivity index (χ2n) is 2.07. The number of hydrogen-bond acceptors (Lipinski definition) is 4. The van der Waals surface area contributed by atoms with Crippen LogP contribution in [0.2, 0.25) is 0 Å². The first-order valence-corrected chi connectivity index (χ1v) is 4.21. The highest BCUT2D eigenvalue weighted by Crippen LogP contribution is 2.23. The SMILES string of the molecule is S=C1SNN2CC=CC=C12.